The van der Waals surface area contributed by atoms with Gasteiger partial charge in [0.15, 0.2) is 5.69 Å². The molecule has 0 aliphatic rings. The molecule has 1 aromatic heterocycles. The Kier molecular flexibility index (Phi) is 3.50. The van der Waals surface area contributed by atoms with Crippen molar-refractivity contribution in [2.24, 2.45) is 0 Å². The van der Waals surface area contributed by atoms with Crippen LogP contribution in [0.1, 0.15) is 34.6 Å². The fourth-order valence-electron chi connectivity index (χ4n) is 2.16. The van der Waals surface area contributed by atoms with E-state index < -0.39 is 12.1 Å². The Morgan fingerprint density at radius 2 is 2.05 bits per heavy atom. The summed E-state index contributed by atoms with van der Waals surface area (Å²) in [5.41, 5.74) is 0.591. The monoisotopic (exact) mass is 277 g/mol. The zero-order chi connectivity index (χ0) is 15.0. The Bertz CT molecular complexity index is 694. The fourth-order valence-corrected chi connectivity index (χ4v) is 2.16. The maximum atomic E-state index is 11.2. The number of aromatic hydroxyl groups is 1. The van der Waals surface area contributed by atoms with E-state index in [1.54, 1.807) is 19.1 Å². The lowest BCUT2D eigenvalue weighted by Gasteiger charge is -2.15. The van der Waals surface area contributed by atoms with Crippen LogP contribution in [0.3, 0.4) is 0 Å². The number of hydrogen-bond donors (Lipinski definition) is 3. The second-order valence-corrected chi connectivity index (χ2v) is 4.50. The van der Waals surface area contributed by atoms with Gasteiger partial charge < -0.3 is 20.1 Å². The van der Waals surface area contributed by atoms with Crippen LogP contribution >= 0.6 is 0 Å². The van der Waals surface area contributed by atoms with E-state index in [9.17, 15) is 15.0 Å². The van der Waals surface area contributed by atoms with Gasteiger partial charge in [0, 0.05) is 5.56 Å². The standard InChI is InChI=1S/C14H15NO5/c1-6-11(14(18)19)15-12-9(20-3)5-4-8(7(2)16)10(12)13(6)17/h4-5,7,16H,1-3H3,(H,15,17)(H,18,19). The molecule has 1 heterocycles. The van der Waals surface area contributed by atoms with Crippen molar-refractivity contribution in [1.82, 2.24) is 4.98 Å². The lowest BCUT2D eigenvalue weighted by Crippen LogP contribution is -2.06. The number of nitrogens with zero attached hydrogens (tertiary/aromatic N) is 1. The van der Waals surface area contributed by atoms with Gasteiger partial charge in [0.1, 0.15) is 17.0 Å². The van der Waals surface area contributed by atoms with Gasteiger partial charge in [-0.05, 0) is 25.5 Å². The number of carbonyl (C=O) groups is 1. The van der Waals surface area contributed by atoms with Gasteiger partial charge in [-0.15, -0.1) is 0 Å². The molecule has 106 valence electrons. The lowest BCUT2D eigenvalue weighted by atomic mass is 9.99. The van der Waals surface area contributed by atoms with Crippen molar-refractivity contribution in [2.75, 3.05) is 7.11 Å². The first-order chi connectivity index (χ1) is 9.38. The van der Waals surface area contributed by atoms with Crippen LogP contribution in [-0.2, 0) is 0 Å². The van der Waals surface area contributed by atoms with Crippen LogP contribution in [0.2, 0.25) is 0 Å². The maximum Gasteiger partial charge on any atom is 0.354 e. The minimum atomic E-state index is -1.23. The van der Waals surface area contributed by atoms with E-state index in [2.05, 4.69) is 4.98 Å². The van der Waals surface area contributed by atoms with Gasteiger partial charge in [0.2, 0.25) is 0 Å². The van der Waals surface area contributed by atoms with Crippen LogP contribution in [0.25, 0.3) is 10.9 Å². The molecule has 0 radical (unpaired) electrons. The summed E-state index contributed by atoms with van der Waals surface area (Å²) < 4.78 is 5.14. The highest BCUT2D eigenvalue weighted by atomic mass is 16.5. The van der Waals surface area contributed by atoms with Crippen molar-refractivity contribution >= 4 is 16.9 Å². The summed E-state index contributed by atoms with van der Waals surface area (Å²) in [6, 6.07) is 3.20. The Hall–Kier alpha value is -2.34. The van der Waals surface area contributed by atoms with Gasteiger partial charge in [0.25, 0.3) is 0 Å². The smallest absolute Gasteiger partial charge is 0.354 e. The molecule has 6 nitrogen and oxygen atoms in total. The number of carboxylic acid groups (broad SMARTS) is 1. The second kappa shape index (κ2) is 4.97. The Morgan fingerprint density at radius 1 is 1.40 bits per heavy atom. The molecule has 0 saturated heterocycles. The molecule has 3 N–H and O–H groups in total. The number of aliphatic hydroxyl groups is 1. The number of rotatable bonds is 3. The van der Waals surface area contributed by atoms with Gasteiger partial charge >= 0.3 is 5.97 Å². The average Bonchev–Trinajstić information content (AvgIpc) is 2.40. The molecule has 0 saturated carbocycles. The zero-order valence-corrected chi connectivity index (χ0v) is 11.3. The zero-order valence-electron chi connectivity index (χ0n) is 11.3. The number of aromatic nitrogens is 1. The lowest BCUT2D eigenvalue weighted by molar-refractivity contribution is 0.0689. The Morgan fingerprint density at radius 3 is 2.55 bits per heavy atom. The summed E-state index contributed by atoms with van der Waals surface area (Å²) in [6.07, 6.45) is -0.828. The molecular weight excluding hydrogens is 262 g/mol. The number of methoxy groups -OCH3 is 1. The van der Waals surface area contributed by atoms with Gasteiger partial charge in [-0.2, -0.15) is 0 Å². The van der Waals surface area contributed by atoms with Gasteiger partial charge in [-0.3, -0.25) is 0 Å². The predicted octanol–water partition coefficient (Wildman–Crippen LogP) is 2.01. The van der Waals surface area contributed by atoms with Crippen molar-refractivity contribution < 1.29 is 24.9 Å². The van der Waals surface area contributed by atoms with Crippen LogP contribution in [-0.4, -0.2) is 33.4 Å². The molecular formula is C14H15NO5. The van der Waals surface area contributed by atoms with Crippen LogP contribution in [0.15, 0.2) is 12.1 Å². The first kappa shape index (κ1) is 14.1. The van der Waals surface area contributed by atoms with E-state index in [-0.39, 0.29) is 22.5 Å². The van der Waals surface area contributed by atoms with Crippen molar-refractivity contribution in [3.8, 4) is 11.5 Å². The quantitative estimate of drug-likeness (QED) is 0.793. The van der Waals surface area contributed by atoms with E-state index in [0.717, 1.165) is 0 Å². The molecule has 0 spiro atoms. The normalized spacial score (nSPS) is 12.4. The van der Waals surface area contributed by atoms with Crippen LogP contribution in [0, 0.1) is 6.92 Å². The number of benzene rings is 1. The predicted molar refractivity (Wildman–Crippen MR) is 72.3 cm³/mol. The molecule has 0 aliphatic carbocycles. The molecule has 2 rings (SSSR count). The SMILES string of the molecule is COc1ccc(C(C)O)c2c(O)c(C)c(C(=O)O)nc12. The van der Waals surface area contributed by atoms with Crippen molar-refractivity contribution in [2.45, 2.75) is 20.0 Å². The highest BCUT2D eigenvalue weighted by Gasteiger charge is 2.21. The average molecular weight is 277 g/mol. The first-order valence-electron chi connectivity index (χ1n) is 6.00. The third kappa shape index (κ3) is 2.04. The summed E-state index contributed by atoms with van der Waals surface area (Å²) in [5.74, 6) is -1.10. The maximum absolute atomic E-state index is 11.2. The highest BCUT2D eigenvalue weighted by Crippen LogP contribution is 2.38. The minimum Gasteiger partial charge on any atom is -0.507 e. The Balaban J connectivity index is 2.99. The van der Waals surface area contributed by atoms with E-state index in [4.69, 9.17) is 9.84 Å². The third-order valence-corrected chi connectivity index (χ3v) is 3.22. The molecule has 1 atom stereocenters. The minimum absolute atomic E-state index is 0.153. The van der Waals surface area contributed by atoms with Crippen molar-refractivity contribution in [3.05, 3.63) is 29.0 Å². The summed E-state index contributed by atoms with van der Waals surface area (Å²) in [7, 11) is 1.43. The first-order valence-corrected chi connectivity index (χ1v) is 6.00. The van der Waals surface area contributed by atoms with E-state index in [1.165, 1.54) is 14.0 Å². The molecule has 0 aliphatic heterocycles. The number of pyridine rings is 1. The number of aromatic carboxylic acids is 1. The molecule has 2 aromatic rings. The second-order valence-electron chi connectivity index (χ2n) is 4.50. The molecule has 1 aromatic carbocycles. The van der Waals surface area contributed by atoms with E-state index in [0.29, 0.717) is 16.7 Å². The molecule has 6 heteroatoms. The van der Waals surface area contributed by atoms with Gasteiger partial charge in [-0.25, -0.2) is 9.78 Å². The van der Waals surface area contributed by atoms with E-state index in [1.807, 2.05) is 0 Å². The molecule has 0 bridgehead atoms. The summed E-state index contributed by atoms with van der Waals surface area (Å²) in [5, 5.41) is 29.5. The topological polar surface area (TPSA) is 99.9 Å². The molecule has 0 amide bonds. The number of carboxylic acids is 1. The largest absolute Gasteiger partial charge is 0.507 e. The number of aliphatic hydroxyl groups excluding tert-OH is 1. The summed E-state index contributed by atoms with van der Waals surface area (Å²) in [6.45, 7) is 3.03. The molecule has 1 unspecified atom stereocenters. The van der Waals surface area contributed by atoms with Crippen molar-refractivity contribution in [1.29, 1.82) is 0 Å². The summed E-state index contributed by atoms with van der Waals surface area (Å²) >= 11 is 0. The van der Waals surface area contributed by atoms with Crippen LogP contribution in [0.5, 0.6) is 11.5 Å². The number of hydrogen-bond acceptors (Lipinski definition) is 5. The van der Waals surface area contributed by atoms with Crippen molar-refractivity contribution in [3.63, 3.8) is 0 Å². The Labute approximate surface area is 115 Å². The highest BCUT2D eigenvalue weighted by molar-refractivity contribution is 5.99. The summed E-state index contributed by atoms with van der Waals surface area (Å²) in [4.78, 5) is 15.2. The van der Waals surface area contributed by atoms with Gasteiger partial charge in [-0.1, -0.05) is 6.07 Å². The molecule has 0 fully saturated rings. The van der Waals surface area contributed by atoms with Crippen LogP contribution < -0.4 is 4.74 Å². The number of ether oxygens (including phenoxy) is 1. The van der Waals surface area contributed by atoms with E-state index >= 15 is 0 Å². The van der Waals surface area contributed by atoms with Gasteiger partial charge in [0.05, 0.1) is 18.6 Å². The molecule has 20 heavy (non-hydrogen) atoms. The third-order valence-electron chi connectivity index (χ3n) is 3.22. The van der Waals surface area contributed by atoms with Crippen LogP contribution in [0.4, 0.5) is 0 Å². The fraction of sp³-hybridized carbons (Fsp3) is 0.286. The number of fused-ring (bicyclic) bond motifs is 1.